The number of hydrogen-bond donors (Lipinski definition) is 3. The molecule has 2 fully saturated rings. The standard InChI is InChI=1S/C20H26N2O5S2/c1-2-3-13-27-15-4-6-16(7-5-15)29(25,26)17-8-10-20(11-9-17)18(19(23)22-24)21-12-14-28-20/h4-7,17-18,21,24H,8-14H2,1H3,(H,22,23). The van der Waals surface area contributed by atoms with Crippen LogP contribution in [0.1, 0.15) is 32.6 Å². The molecule has 29 heavy (non-hydrogen) atoms. The van der Waals surface area contributed by atoms with E-state index in [1.165, 1.54) is 0 Å². The lowest BCUT2D eigenvalue weighted by Crippen LogP contribution is -2.61. The maximum atomic E-state index is 13.1. The molecule has 1 spiro atoms. The van der Waals surface area contributed by atoms with Crippen LogP contribution in [0.3, 0.4) is 0 Å². The van der Waals surface area contributed by atoms with E-state index in [2.05, 4.69) is 17.2 Å². The first-order valence-corrected chi connectivity index (χ1v) is 12.1. The largest absolute Gasteiger partial charge is 0.481 e. The lowest BCUT2D eigenvalue weighted by atomic mass is 9.82. The maximum Gasteiger partial charge on any atom is 0.261 e. The van der Waals surface area contributed by atoms with Crippen molar-refractivity contribution in [2.24, 2.45) is 0 Å². The smallest absolute Gasteiger partial charge is 0.261 e. The summed E-state index contributed by atoms with van der Waals surface area (Å²) in [5.41, 5.74) is 1.74. The van der Waals surface area contributed by atoms with E-state index in [1.54, 1.807) is 48.4 Å². The van der Waals surface area contributed by atoms with Crippen molar-refractivity contribution in [3.8, 4) is 17.6 Å². The third-order valence-corrected chi connectivity index (χ3v) is 9.50. The summed E-state index contributed by atoms with van der Waals surface area (Å²) in [6, 6.07) is 5.94. The van der Waals surface area contributed by atoms with Crippen molar-refractivity contribution < 1.29 is 23.2 Å². The number of benzene rings is 1. The first-order chi connectivity index (χ1) is 13.9. The molecule has 1 saturated carbocycles. The fourth-order valence-corrected chi connectivity index (χ4v) is 7.32. The van der Waals surface area contributed by atoms with Crippen molar-refractivity contribution in [3.63, 3.8) is 0 Å². The zero-order chi connectivity index (χ0) is 20.9. The summed E-state index contributed by atoms with van der Waals surface area (Å²) in [5, 5.41) is 11.8. The van der Waals surface area contributed by atoms with Crippen LogP contribution in [0.4, 0.5) is 0 Å². The topological polar surface area (TPSA) is 105 Å². The van der Waals surface area contributed by atoms with E-state index in [4.69, 9.17) is 9.94 Å². The van der Waals surface area contributed by atoms with E-state index in [0.717, 1.165) is 5.75 Å². The molecule has 158 valence electrons. The molecule has 1 unspecified atom stereocenters. The van der Waals surface area contributed by atoms with Crippen molar-refractivity contribution in [2.45, 2.75) is 53.5 Å². The molecule has 7 nitrogen and oxygen atoms in total. The number of hydrogen-bond acceptors (Lipinski definition) is 7. The summed E-state index contributed by atoms with van der Waals surface area (Å²) in [4.78, 5) is 12.4. The second-order valence-corrected chi connectivity index (χ2v) is 10.9. The number of sulfone groups is 1. The van der Waals surface area contributed by atoms with E-state index in [9.17, 15) is 13.2 Å². The Hall–Kier alpha value is -1.73. The molecule has 0 aromatic heterocycles. The fraction of sp³-hybridized carbons (Fsp3) is 0.550. The Bertz CT molecular complexity index is 882. The zero-order valence-electron chi connectivity index (χ0n) is 16.3. The van der Waals surface area contributed by atoms with Crippen LogP contribution >= 0.6 is 11.8 Å². The monoisotopic (exact) mass is 438 g/mol. The van der Waals surface area contributed by atoms with E-state index in [-0.39, 0.29) is 16.2 Å². The molecule has 1 heterocycles. The lowest BCUT2D eigenvalue weighted by molar-refractivity contribution is -0.132. The number of rotatable bonds is 5. The normalized spacial score (nSPS) is 27.0. The van der Waals surface area contributed by atoms with E-state index in [1.807, 2.05) is 0 Å². The summed E-state index contributed by atoms with van der Waals surface area (Å²) in [7, 11) is -3.47. The van der Waals surface area contributed by atoms with Gasteiger partial charge in [-0.1, -0.05) is 5.92 Å². The van der Waals surface area contributed by atoms with Crippen LogP contribution in [0.25, 0.3) is 0 Å². The Morgan fingerprint density at radius 2 is 2.03 bits per heavy atom. The molecule has 2 aliphatic rings. The van der Waals surface area contributed by atoms with Crippen molar-refractivity contribution >= 4 is 27.5 Å². The van der Waals surface area contributed by atoms with E-state index in [0.29, 0.717) is 38.0 Å². The van der Waals surface area contributed by atoms with Crippen LogP contribution in [0.15, 0.2) is 29.2 Å². The number of hydroxylamine groups is 1. The lowest BCUT2D eigenvalue weighted by Gasteiger charge is -2.46. The van der Waals surface area contributed by atoms with Crippen LogP contribution in [0, 0.1) is 11.8 Å². The molecule has 9 heteroatoms. The van der Waals surface area contributed by atoms with Gasteiger partial charge in [0.05, 0.1) is 10.1 Å². The first-order valence-electron chi connectivity index (χ1n) is 9.60. The van der Waals surface area contributed by atoms with Gasteiger partial charge in [0.1, 0.15) is 18.4 Å². The van der Waals surface area contributed by atoms with Crippen molar-refractivity contribution in [2.75, 3.05) is 18.9 Å². The summed E-state index contributed by atoms with van der Waals surface area (Å²) < 4.78 is 31.3. The highest BCUT2D eigenvalue weighted by molar-refractivity contribution is 8.00. The number of carbonyl (C=O) groups excluding carboxylic acids is 1. The molecule has 1 aliphatic carbocycles. The Labute approximate surface area is 175 Å². The minimum Gasteiger partial charge on any atom is -0.481 e. The van der Waals surface area contributed by atoms with Gasteiger partial charge in [0, 0.05) is 17.0 Å². The van der Waals surface area contributed by atoms with Crippen LogP contribution < -0.4 is 15.5 Å². The van der Waals surface area contributed by atoms with Gasteiger partial charge in [-0.15, -0.1) is 5.92 Å². The second kappa shape index (κ2) is 9.39. The molecular weight excluding hydrogens is 412 g/mol. The third kappa shape index (κ3) is 4.72. The number of ether oxygens (including phenoxy) is 1. The predicted octanol–water partition coefficient (Wildman–Crippen LogP) is 1.75. The highest BCUT2D eigenvalue weighted by Gasteiger charge is 2.49. The average molecular weight is 439 g/mol. The van der Waals surface area contributed by atoms with Crippen molar-refractivity contribution in [1.82, 2.24) is 10.8 Å². The summed E-state index contributed by atoms with van der Waals surface area (Å²) in [6.45, 7) is 2.68. The minimum absolute atomic E-state index is 0.265. The number of nitrogens with one attached hydrogen (secondary N) is 2. The maximum absolute atomic E-state index is 13.1. The molecule has 0 radical (unpaired) electrons. The van der Waals surface area contributed by atoms with Crippen LogP contribution in [0.5, 0.6) is 5.75 Å². The molecule has 1 atom stereocenters. The molecule has 1 saturated heterocycles. The van der Waals surface area contributed by atoms with Crippen molar-refractivity contribution in [3.05, 3.63) is 24.3 Å². The van der Waals surface area contributed by atoms with Gasteiger partial charge in [-0.05, 0) is 56.9 Å². The van der Waals surface area contributed by atoms with E-state index >= 15 is 0 Å². The highest BCUT2D eigenvalue weighted by Crippen LogP contribution is 2.46. The third-order valence-electron chi connectivity index (χ3n) is 5.60. The Morgan fingerprint density at radius 1 is 1.34 bits per heavy atom. The van der Waals surface area contributed by atoms with Gasteiger partial charge in [0.2, 0.25) is 0 Å². The van der Waals surface area contributed by atoms with Crippen LogP contribution in [-0.4, -0.2) is 54.5 Å². The van der Waals surface area contributed by atoms with Crippen LogP contribution in [-0.2, 0) is 14.6 Å². The minimum atomic E-state index is -3.47. The predicted molar refractivity (Wildman–Crippen MR) is 112 cm³/mol. The summed E-state index contributed by atoms with van der Waals surface area (Å²) >= 11 is 1.70. The van der Waals surface area contributed by atoms with Gasteiger partial charge in [0.15, 0.2) is 9.84 Å². The fourth-order valence-electron chi connectivity index (χ4n) is 4.06. The molecule has 1 amide bonds. The first kappa shape index (κ1) is 22.0. The summed E-state index contributed by atoms with van der Waals surface area (Å²) in [6.07, 6.45) is 2.17. The van der Waals surface area contributed by atoms with Crippen molar-refractivity contribution in [1.29, 1.82) is 0 Å². The van der Waals surface area contributed by atoms with Gasteiger partial charge in [0.25, 0.3) is 5.91 Å². The molecule has 3 N–H and O–H groups in total. The molecule has 1 aromatic rings. The second-order valence-electron chi connectivity index (χ2n) is 7.21. The molecule has 1 aromatic carbocycles. The number of thioether (sulfide) groups is 1. The highest BCUT2D eigenvalue weighted by atomic mass is 32.2. The summed E-state index contributed by atoms with van der Waals surface area (Å²) in [5.74, 6) is 6.52. The number of carbonyl (C=O) groups is 1. The molecular formula is C20H26N2O5S2. The Kier molecular flexibility index (Phi) is 7.11. The average Bonchev–Trinajstić information content (AvgIpc) is 2.74. The quantitative estimate of drug-likeness (QED) is 0.365. The Balaban J connectivity index is 1.69. The molecule has 3 rings (SSSR count). The SMILES string of the molecule is CC#CCOc1ccc(S(=O)(=O)C2CCC3(CC2)SCCNC3C(=O)NO)cc1. The molecule has 1 aliphatic heterocycles. The van der Waals surface area contributed by atoms with Crippen LogP contribution in [0.2, 0.25) is 0 Å². The zero-order valence-corrected chi connectivity index (χ0v) is 17.9. The van der Waals surface area contributed by atoms with E-state index < -0.39 is 27.0 Å². The van der Waals surface area contributed by atoms with Gasteiger partial charge >= 0.3 is 0 Å². The van der Waals surface area contributed by atoms with Gasteiger partial charge < -0.3 is 10.1 Å². The number of amides is 1. The van der Waals surface area contributed by atoms with Gasteiger partial charge in [-0.3, -0.25) is 10.0 Å². The molecule has 0 bridgehead atoms. The Morgan fingerprint density at radius 3 is 2.66 bits per heavy atom. The van der Waals surface area contributed by atoms with Gasteiger partial charge in [-0.25, -0.2) is 13.9 Å². The van der Waals surface area contributed by atoms with Gasteiger partial charge in [-0.2, -0.15) is 11.8 Å².